The van der Waals surface area contributed by atoms with Crippen LogP contribution in [0, 0.1) is 0 Å². The second-order valence-corrected chi connectivity index (χ2v) is 6.89. The van der Waals surface area contributed by atoms with Gasteiger partial charge in [-0.05, 0) is 31.5 Å². The second kappa shape index (κ2) is 4.36. The van der Waals surface area contributed by atoms with Gasteiger partial charge in [0.15, 0.2) is 0 Å². The van der Waals surface area contributed by atoms with Crippen LogP contribution in [0.25, 0.3) is 0 Å². The van der Waals surface area contributed by atoms with Gasteiger partial charge in [-0.1, -0.05) is 42.5 Å². The minimum absolute atomic E-state index is 0.149. The van der Waals surface area contributed by atoms with Crippen LogP contribution in [0.3, 0.4) is 0 Å². The van der Waals surface area contributed by atoms with E-state index in [2.05, 4.69) is 73.8 Å². The second-order valence-electron chi connectivity index (χ2n) is 5.19. The fourth-order valence-corrected chi connectivity index (χ4v) is 3.74. The molecule has 92 valence electrons. The van der Waals surface area contributed by atoms with Gasteiger partial charge in [-0.3, -0.25) is 0 Å². The first kappa shape index (κ1) is 11.7. The first-order chi connectivity index (χ1) is 8.67. The standard InChI is InChI=1S/C16H17NS/c1-16(2)15(12-8-4-3-5-9-12)17-13-10-6-7-11-14(13)18-16/h3-11,15,17H,1-2H3. The zero-order valence-electron chi connectivity index (χ0n) is 10.7. The fraction of sp³-hybridized carbons (Fsp3) is 0.250. The van der Waals surface area contributed by atoms with Gasteiger partial charge in [0.25, 0.3) is 0 Å². The Morgan fingerprint density at radius 1 is 0.944 bits per heavy atom. The molecule has 1 N–H and O–H groups in total. The minimum atomic E-state index is 0.149. The summed E-state index contributed by atoms with van der Waals surface area (Å²) in [7, 11) is 0. The van der Waals surface area contributed by atoms with E-state index >= 15 is 0 Å². The van der Waals surface area contributed by atoms with Crippen molar-refractivity contribution in [1.29, 1.82) is 0 Å². The van der Waals surface area contributed by atoms with Gasteiger partial charge in [0, 0.05) is 15.3 Å². The Hall–Kier alpha value is -1.41. The Labute approximate surface area is 113 Å². The number of anilines is 1. The van der Waals surface area contributed by atoms with Crippen LogP contribution in [0.2, 0.25) is 0 Å². The van der Waals surface area contributed by atoms with Crippen molar-refractivity contribution in [1.82, 2.24) is 0 Å². The number of benzene rings is 2. The van der Waals surface area contributed by atoms with Crippen LogP contribution in [0.4, 0.5) is 5.69 Å². The minimum Gasteiger partial charge on any atom is -0.376 e. The van der Waals surface area contributed by atoms with Gasteiger partial charge in [0.05, 0.1) is 6.04 Å². The summed E-state index contributed by atoms with van der Waals surface area (Å²) in [6, 6.07) is 19.6. The number of hydrogen-bond donors (Lipinski definition) is 1. The van der Waals surface area contributed by atoms with E-state index in [-0.39, 0.29) is 4.75 Å². The van der Waals surface area contributed by atoms with Crippen LogP contribution in [0.15, 0.2) is 59.5 Å². The predicted octanol–water partition coefficient (Wildman–Crippen LogP) is 4.72. The van der Waals surface area contributed by atoms with Crippen molar-refractivity contribution in [3.8, 4) is 0 Å². The van der Waals surface area contributed by atoms with E-state index in [9.17, 15) is 0 Å². The van der Waals surface area contributed by atoms with Gasteiger partial charge in [0.1, 0.15) is 0 Å². The maximum Gasteiger partial charge on any atom is 0.0659 e. The van der Waals surface area contributed by atoms with Crippen molar-refractivity contribution in [2.24, 2.45) is 0 Å². The first-order valence-corrected chi connectivity index (χ1v) is 7.08. The van der Waals surface area contributed by atoms with Gasteiger partial charge in [0.2, 0.25) is 0 Å². The lowest BCUT2D eigenvalue weighted by atomic mass is 9.94. The molecule has 0 aromatic heterocycles. The van der Waals surface area contributed by atoms with Gasteiger partial charge in [-0.15, -0.1) is 11.8 Å². The molecule has 1 heterocycles. The quantitative estimate of drug-likeness (QED) is 0.791. The summed E-state index contributed by atoms with van der Waals surface area (Å²) in [5.74, 6) is 0. The zero-order chi connectivity index (χ0) is 12.6. The Kier molecular flexibility index (Phi) is 2.83. The molecule has 0 fully saturated rings. The molecule has 0 bridgehead atoms. The van der Waals surface area contributed by atoms with Crippen molar-refractivity contribution in [3.05, 3.63) is 60.2 Å². The highest BCUT2D eigenvalue weighted by molar-refractivity contribution is 8.01. The molecule has 1 aliphatic heterocycles. The van der Waals surface area contributed by atoms with Crippen molar-refractivity contribution < 1.29 is 0 Å². The average molecular weight is 255 g/mol. The van der Waals surface area contributed by atoms with Crippen molar-refractivity contribution in [2.45, 2.75) is 29.5 Å². The van der Waals surface area contributed by atoms with Crippen LogP contribution >= 0.6 is 11.8 Å². The molecule has 18 heavy (non-hydrogen) atoms. The van der Waals surface area contributed by atoms with E-state index < -0.39 is 0 Å². The highest BCUT2D eigenvalue weighted by atomic mass is 32.2. The smallest absolute Gasteiger partial charge is 0.0659 e. The van der Waals surface area contributed by atoms with Crippen molar-refractivity contribution in [3.63, 3.8) is 0 Å². The Morgan fingerprint density at radius 3 is 2.39 bits per heavy atom. The van der Waals surface area contributed by atoms with Gasteiger partial charge in [-0.25, -0.2) is 0 Å². The lowest BCUT2D eigenvalue weighted by molar-refractivity contribution is 0.589. The van der Waals surface area contributed by atoms with Crippen LogP contribution < -0.4 is 5.32 Å². The highest BCUT2D eigenvalue weighted by Crippen LogP contribution is 2.50. The number of fused-ring (bicyclic) bond motifs is 1. The lowest BCUT2D eigenvalue weighted by Gasteiger charge is -2.40. The molecular formula is C16H17NS. The predicted molar refractivity (Wildman–Crippen MR) is 79.2 cm³/mol. The Bertz CT molecular complexity index is 548. The van der Waals surface area contributed by atoms with Gasteiger partial charge in [-0.2, -0.15) is 0 Å². The molecule has 1 nitrogen and oxygen atoms in total. The third-order valence-electron chi connectivity index (χ3n) is 3.39. The van der Waals surface area contributed by atoms with Crippen LogP contribution in [-0.2, 0) is 0 Å². The normalized spacial score (nSPS) is 20.9. The molecular weight excluding hydrogens is 238 g/mol. The summed E-state index contributed by atoms with van der Waals surface area (Å²) in [4.78, 5) is 1.34. The summed E-state index contributed by atoms with van der Waals surface area (Å²) in [5, 5.41) is 3.68. The van der Waals surface area contributed by atoms with Crippen molar-refractivity contribution in [2.75, 3.05) is 5.32 Å². The molecule has 2 aromatic rings. The molecule has 3 rings (SSSR count). The number of para-hydroxylation sites is 1. The fourth-order valence-electron chi connectivity index (χ4n) is 2.48. The van der Waals surface area contributed by atoms with E-state index in [1.165, 1.54) is 16.1 Å². The third-order valence-corrected chi connectivity index (χ3v) is 4.73. The van der Waals surface area contributed by atoms with E-state index in [1.54, 1.807) is 0 Å². The maximum absolute atomic E-state index is 3.68. The summed E-state index contributed by atoms with van der Waals surface area (Å²) in [5.41, 5.74) is 2.60. The highest BCUT2D eigenvalue weighted by Gasteiger charge is 2.36. The lowest BCUT2D eigenvalue weighted by Crippen LogP contribution is -2.34. The monoisotopic (exact) mass is 255 g/mol. The molecule has 1 aliphatic rings. The maximum atomic E-state index is 3.68. The van der Waals surface area contributed by atoms with Crippen LogP contribution in [0.1, 0.15) is 25.5 Å². The molecule has 0 radical (unpaired) electrons. The van der Waals surface area contributed by atoms with Crippen LogP contribution in [-0.4, -0.2) is 4.75 Å². The molecule has 0 amide bonds. The number of rotatable bonds is 1. The summed E-state index contributed by atoms with van der Waals surface area (Å²) < 4.78 is 0.149. The van der Waals surface area contributed by atoms with E-state index in [0.717, 1.165) is 0 Å². The number of nitrogens with one attached hydrogen (secondary N) is 1. The Balaban J connectivity index is 2.02. The molecule has 0 saturated heterocycles. The van der Waals surface area contributed by atoms with Gasteiger partial charge >= 0.3 is 0 Å². The average Bonchev–Trinajstić information content (AvgIpc) is 2.38. The Morgan fingerprint density at radius 2 is 1.61 bits per heavy atom. The summed E-state index contributed by atoms with van der Waals surface area (Å²) in [6.07, 6.45) is 0. The van der Waals surface area contributed by atoms with E-state index in [0.29, 0.717) is 6.04 Å². The zero-order valence-corrected chi connectivity index (χ0v) is 11.5. The molecule has 1 atom stereocenters. The molecule has 1 unspecified atom stereocenters. The largest absolute Gasteiger partial charge is 0.376 e. The molecule has 2 heteroatoms. The topological polar surface area (TPSA) is 12.0 Å². The molecule has 0 spiro atoms. The number of hydrogen-bond acceptors (Lipinski definition) is 2. The molecule has 0 saturated carbocycles. The van der Waals surface area contributed by atoms with Crippen molar-refractivity contribution >= 4 is 17.4 Å². The SMILES string of the molecule is CC1(C)Sc2ccccc2NC1c1ccccc1. The molecule has 2 aromatic carbocycles. The third kappa shape index (κ3) is 2.01. The van der Waals surface area contributed by atoms with E-state index in [4.69, 9.17) is 0 Å². The van der Waals surface area contributed by atoms with Crippen LogP contribution in [0.5, 0.6) is 0 Å². The summed E-state index contributed by atoms with van der Waals surface area (Å²) in [6.45, 7) is 4.61. The number of thioether (sulfide) groups is 1. The molecule has 0 aliphatic carbocycles. The first-order valence-electron chi connectivity index (χ1n) is 6.26. The van der Waals surface area contributed by atoms with E-state index in [1.807, 2.05) is 11.8 Å². The van der Waals surface area contributed by atoms with Gasteiger partial charge < -0.3 is 5.32 Å². The summed E-state index contributed by atoms with van der Waals surface area (Å²) >= 11 is 1.95.